The predicted molar refractivity (Wildman–Crippen MR) is 233 cm³/mol. The minimum absolute atomic E-state index is 0.818. The topological polar surface area (TPSA) is 29.3 Å². The van der Waals surface area contributed by atoms with Crippen LogP contribution in [0.1, 0.15) is 0 Å². The van der Waals surface area contributed by atoms with E-state index < -0.39 is 0 Å². The first kappa shape index (κ1) is 33.1. The summed E-state index contributed by atoms with van der Waals surface area (Å²) in [5, 5.41) is 2.12. The van der Waals surface area contributed by atoms with Gasteiger partial charge in [-0.05, 0) is 69.3 Å². The molecule has 3 nitrogen and oxygen atoms in total. The second-order valence-corrected chi connectivity index (χ2v) is 13.9. The summed E-state index contributed by atoms with van der Waals surface area (Å²) in [6, 6.07) is 73.2. The lowest BCUT2D eigenvalue weighted by atomic mass is 9.87. The Labute approximate surface area is 326 Å². The molecule has 2 heterocycles. The number of hydrogen-bond acceptors (Lipinski definition) is 3. The van der Waals surface area contributed by atoms with Gasteiger partial charge in [-0.3, -0.25) is 4.98 Å². The molecule has 0 N–H and O–H groups in total. The molecule has 2 aromatic heterocycles. The van der Waals surface area contributed by atoms with Crippen molar-refractivity contribution in [1.29, 1.82) is 0 Å². The van der Waals surface area contributed by atoms with Gasteiger partial charge in [-0.15, -0.1) is 0 Å². The SMILES string of the molecule is c1ccc(-c2ccc(N(c3cccc(-c4ccccc4)c3-c3ccccc3-c3ccccc3)c3cccc4c3oc3c(-c5cccnc5)cccc34)cc2)cc1. The average molecular weight is 717 g/mol. The van der Waals surface area contributed by atoms with Crippen molar-refractivity contribution >= 4 is 39.0 Å². The van der Waals surface area contributed by atoms with E-state index in [1.807, 2.05) is 12.3 Å². The fourth-order valence-electron chi connectivity index (χ4n) is 8.01. The van der Waals surface area contributed by atoms with Crippen LogP contribution in [-0.4, -0.2) is 4.98 Å². The minimum atomic E-state index is 0.818. The molecule has 0 aliphatic heterocycles. The number of aromatic nitrogens is 1. The number of furan rings is 1. The second kappa shape index (κ2) is 14.4. The van der Waals surface area contributed by atoms with Gasteiger partial charge in [0.15, 0.2) is 5.58 Å². The highest BCUT2D eigenvalue weighted by atomic mass is 16.3. The second-order valence-electron chi connectivity index (χ2n) is 13.9. The van der Waals surface area contributed by atoms with E-state index in [4.69, 9.17) is 4.42 Å². The van der Waals surface area contributed by atoms with E-state index in [-0.39, 0.29) is 0 Å². The van der Waals surface area contributed by atoms with E-state index >= 15 is 0 Å². The van der Waals surface area contributed by atoms with Crippen molar-refractivity contribution in [3.05, 3.63) is 219 Å². The van der Waals surface area contributed by atoms with E-state index in [2.05, 4.69) is 210 Å². The lowest BCUT2D eigenvalue weighted by Gasteiger charge is -2.30. The summed E-state index contributed by atoms with van der Waals surface area (Å²) in [6.07, 6.45) is 3.70. The number of benzene rings is 8. The van der Waals surface area contributed by atoms with Crippen LogP contribution >= 0.6 is 0 Å². The maximum absolute atomic E-state index is 7.07. The summed E-state index contributed by atoms with van der Waals surface area (Å²) in [6.45, 7) is 0. The van der Waals surface area contributed by atoms with Crippen LogP contribution in [0.15, 0.2) is 223 Å². The van der Waals surface area contributed by atoms with Gasteiger partial charge in [0.05, 0.1) is 11.4 Å². The standard InChI is InChI=1S/C53H36N2O/c1-4-16-37(17-5-1)38-31-33-42(34-32-38)55(50-30-14-28-48-47-27-12-26-45(52(47)56-53(48)50)41-22-15-35-54-36-41)49-29-13-25-44(40-20-8-3-9-21-40)51(49)46-24-11-10-23-43(46)39-18-6-2-7-19-39/h1-36H. The number of anilines is 3. The molecule has 10 aromatic rings. The molecule has 3 heteroatoms. The highest BCUT2D eigenvalue weighted by molar-refractivity contribution is 6.14. The van der Waals surface area contributed by atoms with Crippen molar-refractivity contribution in [3.63, 3.8) is 0 Å². The van der Waals surface area contributed by atoms with Crippen LogP contribution in [0.25, 0.3) is 77.6 Å². The van der Waals surface area contributed by atoms with Crippen molar-refractivity contribution in [2.45, 2.75) is 0 Å². The third kappa shape index (κ3) is 5.92. The lowest BCUT2D eigenvalue weighted by Crippen LogP contribution is -2.12. The van der Waals surface area contributed by atoms with Crippen LogP contribution in [0.5, 0.6) is 0 Å². The molecule has 0 atom stereocenters. The minimum Gasteiger partial charge on any atom is -0.453 e. The molecule has 10 rings (SSSR count). The lowest BCUT2D eigenvalue weighted by molar-refractivity contribution is 0.670. The van der Waals surface area contributed by atoms with Gasteiger partial charge < -0.3 is 9.32 Å². The third-order valence-electron chi connectivity index (χ3n) is 10.6. The van der Waals surface area contributed by atoms with Gasteiger partial charge in [-0.2, -0.15) is 0 Å². The molecule has 0 saturated carbocycles. The fourth-order valence-corrected chi connectivity index (χ4v) is 8.01. The van der Waals surface area contributed by atoms with Gasteiger partial charge in [-0.1, -0.05) is 176 Å². The monoisotopic (exact) mass is 716 g/mol. The van der Waals surface area contributed by atoms with E-state index in [1.165, 1.54) is 11.1 Å². The molecule has 0 fully saturated rings. The molecule has 0 amide bonds. The van der Waals surface area contributed by atoms with Crippen molar-refractivity contribution in [2.75, 3.05) is 4.90 Å². The quantitative estimate of drug-likeness (QED) is 0.157. The Morgan fingerprint density at radius 3 is 1.55 bits per heavy atom. The van der Waals surface area contributed by atoms with Crippen LogP contribution in [0, 0.1) is 0 Å². The number of fused-ring (bicyclic) bond motifs is 3. The van der Waals surface area contributed by atoms with Crippen molar-refractivity contribution in [3.8, 4) is 55.6 Å². The van der Waals surface area contributed by atoms with Gasteiger partial charge in [0.1, 0.15) is 5.58 Å². The predicted octanol–water partition coefficient (Wildman–Crippen LogP) is 14.8. The smallest absolute Gasteiger partial charge is 0.159 e. The highest BCUT2D eigenvalue weighted by Crippen LogP contribution is 2.50. The molecular formula is C53H36N2O. The first-order valence-corrected chi connectivity index (χ1v) is 19.0. The normalized spacial score (nSPS) is 11.2. The number of para-hydroxylation sites is 2. The molecule has 0 bridgehead atoms. The van der Waals surface area contributed by atoms with E-state index in [0.29, 0.717) is 0 Å². The van der Waals surface area contributed by atoms with E-state index in [0.717, 1.165) is 83.5 Å². The number of rotatable bonds is 8. The fraction of sp³-hybridized carbons (Fsp3) is 0. The van der Waals surface area contributed by atoms with Gasteiger partial charge in [0.25, 0.3) is 0 Å². The molecule has 0 aliphatic carbocycles. The number of hydrogen-bond donors (Lipinski definition) is 0. The summed E-state index contributed by atoms with van der Waals surface area (Å²) in [7, 11) is 0. The zero-order valence-electron chi connectivity index (χ0n) is 30.6. The highest BCUT2D eigenvalue weighted by Gasteiger charge is 2.26. The zero-order valence-corrected chi connectivity index (χ0v) is 30.6. The summed E-state index contributed by atoms with van der Waals surface area (Å²) < 4.78 is 7.07. The average Bonchev–Trinajstić information content (AvgIpc) is 3.68. The van der Waals surface area contributed by atoms with E-state index in [1.54, 1.807) is 6.20 Å². The molecule has 8 aromatic carbocycles. The van der Waals surface area contributed by atoms with Crippen molar-refractivity contribution < 1.29 is 4.42 Å². The van der Waals surface area contributed by atoms with Crippen molar-refractivity contribution in [2.24, 2.45) is 0 Å². The number of nitrogens with zero attached hydrogens (tertiary/aromatic N) is 2. The molecule has 0 unspecified atom stereocenters. The molecular weight excluding hydrogens is 681 g/mol. The number of pyridine rings is 1. The Hall–Kier alpha value is -7.49. The van der Waals surface area contributed by atoms with Gasteiger partial charge in [0, 0.05) is 45.5 Å². The summed E-state index contributed by atoms with van der Waals surface area (Å²) in [4.78, 5) is 6.81. The maximum Gasteiger partial charge on any atom is 0.159 e. The van der Waals surface area contributed by atoms with Gasteiger partial charge in [-0.25, -0.2) is 0 Å². The molecule has 0 saturated heterocycles. The molecule has 0 aliphatic rings. The molecule has 264 valence electrons. The molecule has 0 spiro atoms. The Balaban J connectivity index is 1.28. The maximum atomic E-state index is 7.07. The molecule has 0 radical (unpaired) electrons. The van der Waals surface area contributed by atoms with Crippen LogP contribution in [0.2, 0.25) is 0 Å². The van der Waals surface area contributed by atoms with Gasteiger partial charge in [0.2, 0.25) is 0 Å². The Kier molecular flexibility index (Phi) is 8.51. The van der Waals surface area contributed by atoms with Crippen LogP contribution in [0.3, 0.4) is 0 Å². The largest absolute Gasteiger partial charge is 0.453 e. The van der Waals surface area contributed by atoms with Crippen LogP contribution in [-0.2, 0) is 0 Å². The zero-order chi connectivity index (χ0) is 37.3. The van der Waals surface area contributed by atoms with Gasteiger partial charge >= 0.3 is 0 Å². The Morgan fingerprint density at radius 2 is 0.857 bits per heavy atom. The Morgan fingerprint density at radius 1 is 0.339 bits per heavy atom. The first-order chi connectivity index (χ1) is 27.8. The van der Waals surface area contributed by atoms with Crippen LogP contribution < -0.4 is 4.90 Å². The summed E-state index contributed by atoms with van der Waals surface area (Å²) in [5.41, 5.74) is 15.9. The third-order valence-corrected chi connectivity index (χ3v) is 10.6. The Bertz CT molecular complexity index is 2940. The van der Waals surface area contributed by atoms with E-state index in [9.17, 15) is 0 Å². The first-order valence-electron chi connectivity index (χ1n) is 19.0. The molecule has 56 heavy (non-hydrogen) atoms. The summed E-state index contributed by atoms with van der Waals surface area (Å²) in [5.74, 6) is 0. The summed E-state index contributed by atoms with van der Waals surface area (Å²) >= 11 is 0. The van der Waals surface area contributed by atoms with Crippen molar-refractivity contribution in [1.82, 2.24) is 4.98 Å². The van der Waals surface area contributed by atoms with Crippen LogP contribution in [0.4, 0.5) is 17.1 Å².